The van der Waals surface area contributed by atoms with Crippen LogP contribution in [0.4, 0.5) is 0 Å². The average Bonchev–Trinajstić information content (AvgIpc) is 3.19. The molecule has 20 heavy (non-hydrogen) atoms. The standard InChI is InChI=1S/C16H32N4/c1-14(2)11-18-7-9-20(10-8-18)16(12-17)5-6-19(13-16)15-3-4-15/h14-15H,3-13,17H2,1-2H3. The van der Waals surface area contributed by atoms with E-state index >= 15 is 0 Å². The van der Waals surface area contributed by atoms with Crippen molar-refractivity contribution in [2.75, 3.05) is 52.4 Å². The van der Waals surface area contributed by atoms with Gasteiger partial charge in [0.15, 0.2) is 0 Å². The van der Waals surface area contributed by atoms with Crippen molar-refractivity contribution in [1.29, 1.82) is 0 Å². The molecule has 1 saturated carbocycles. The minimum atomic E-state index is 0.284. The fraction of sp³-hybridized carbons (Fsp3) is 1.00. The molecule has 0 amide bonds. The summed E-state index contributed by atoms with van der Waals surface area (Å²) in [6.07, 6.45) is 4.12. The van der Waals surface area contributed by atoms with Crippen LogP contribution in [0.5, 0.6) is 0 Å². The van der Waals surface area contributed by atoms with Gasteiger partial charge in [-0.15, -0.1) is 0 Å². The molecule has 0 aromatic heterocycles. The number of rotatable bonds is 5. The van der Waals surface area contributed by atoms with Crippen LogP contribution in [0.2, 0.25) is 0 Å². The highest BCUT2D eigenvalue weighted by Crippen LogP contribution is 2.36. The lowest BCUT2D eigenvalue weighted by atomic mass is 9.95. The van der Waals surface area contributed by atoms with Crippen molar-refractivity contribution >= 4 is 0 Å². The fourth-order valence-electron chi connectivity index (χ4n) is 4.11. The van der Waals surface area contributed by atoms with Gasteiger partial charge in [-0.2, -0.15) is 0 Å². The van der Waals surface area contributed by atoms with Gasteiger partial charge in [0.05, 0.1) is 0 Å². The van der Waals surface area contributed by atoms with E-state index in [0.717, 1.165) is 18.5 Å². The van der Waals surface area contributed by atoms with E-state index in [0.29, 0.717) is 0 Å². The molecule has 3 aliphatic rings. The molecule has 3 fully saturated rings. The van der Waals surface area contributed by atoms with Crippen molar-refractivity contribution < 1.29 is 0 Å². The predicted octanol–water partition coefficient (Wildman–Crippen LogP) is 0.826. The van der Waals surface area contributed by atoms with Crippen LogP contribution in [0.25, 0.3) is 0 Å². The lowest BCUT2D eigenvalue weighted by Crippen LogP contribution is -2.61. The summed E-state index contributed by atoms with van der Waals surface area (Å²) in [5, 5.41) is 0. The highest BCUT2D eigenvalue weighted by molar-refractivity contribution is 5.04. The quantitative estimate of drug-likeness (QED) is 0.809. The van der Waals surface area contributed by atoms with Gasteiger partial charge in [-0.3, -0.25) is 9.80 Å². The van der Waals surface area contributed by atoms with Gasteiger partial charge in [-0.25, -0.2) is 0 Å². The van der Waals surface area contributed by atoms with Crippen LogP contribution in [0.1, 0.15) is 33.1 Å². The maximum atomic E-state index is 6.22. The van der Waals surface area contributed by atoms with Crippen molar-refractivity contribution in [2.45, 2.75) is 44.7 Å². The Morgan fingerprint density at radius 1 is 1.10 bits per heavy atom. The van der Waals surface area contributed by atoms with Crippen LogP contribution in [0.3, 0.4) is 0 Å². The van der Waals surface area contributed by atoms with Gasteiger partial charge < -0.3 is 10.6 Å². The number of hydrogen-bond acceptors (Lipinski definition) is 4. The zero-order valence-electron chi connectivity index (χ0n) is 13.4. The predicted molar refractivity (Wildman–Crippen MR) is 83.8 cm³/mol. The number of nitrogens with zero attached hydrogens (tertiary/aromatic N) is 3. The first-order valence-electron chi connectivity index (χ1n) is 8.54. The number of nitrogens with two attached hydrogens (primary N) is 1. The van der Waals surface area contributed by atoms with Crippen molar-refractivity contribution in [3.05, 3.63) is 0 Å². The molecule has 4 nitrogen and oxygen atoms in total. The molecule has 0 aromatic carbocycles. The van der Waals surface area contributed by atoms with Crippen LogP contribution < -0.4 is 5.73 Å². The lowest BCUT2D eigenvalue weighted by molar-refractivity contribution is 0.0365. The van der Waals surface area contributed by atoms with Crippen LogP contribution >= 0.6 is 0 Å². The van der Waals surface area contributed by atoms with Crippen LogP contribution in [0, 0.1) is 5.92 Å². The summed E-state index contributed by atoms with van der Waals surface area (Å²) in [7, 11) is 0. The molecule has 0 radical (unpaired) electrons. The molecule has 0 bridgehead atoms. The first-order valence-corrected chi connectivity index (χ1v) is 8.54. The van der Waals surface area contributed by atoms with Crippen molar-refractivity contribution in [3.63, 3.8) is 0 Å². The van der Waals surface area contributed by atoms with E-state index in [9.17, 15) is 0 Å². The molecule has 116 valence electrons. The van der Waals surface area contributed by atoms with Crippen LogP contribution in [0.15, 0.2) is 0 Å². The van der Waals surface area contributed by atoms with E-state index in [1.807, 2.05) is 0 Å². The summed E-state index contributed by atoms with van der Waals surface area (Å²) in [6.45, 7) is 14.1. The molecule has 4 heteroatoms. The van der Waals surface area contributed by atoms with Gasteiger partial charge in [0.25, 0.3) is 0 Å². The Labute approximate surface area is 124 Å². The maximum Gasteiger partial charge on any atom is 0.0471 e. The van der Waals surface area contributed by atoms with Gasteiger partial charge in [0.2, 0.25) is 0 Å². The van der Waals surface area contributed by atoms with Crippen LogP contribution in [-0.2, 0) is 0 Å². The van der Waals surface area contributed by atoms with E-state index in [1.165, 1.54) is 65.1 Å². The zero-order valence-corrected chi connectivity index (χ0v) is 13.4. The third-order valence-electron chi connectivity index (χ3n) is 5.47. The fourth-order valence-corrected chi connectivity index (χ4v) is 4.11. The van der Waals surface area contributed by atoms with E-state index in [-0.39, 0.29) is 5.54 Å². The van der Waals surface area contributed by atoms with Gasteiger partial charge >= 0.3 is 0 Å². The molecule has 0 aromatic rings. The Bertz CT molecular complexity index is 320. The van der Waals surface area contributed by atoms with Crippen molar-refractivity contribution in [2.24, 2.45) is 11.7 Å². The Kier molecular flexibility index (Phi) is 4.37. The second-order valence-electron chi connectivity index (χ2n) is 7.56. The largest absolute Gasteiger partial charge is 0.329 e. The van der Waals surface area contributed by atoms with E-state index in [1.54, 1.807) is 0 Å². The Balaban J connectivity index is 1.55. The topological polar surface area (TPSA) is 35.7 Å². The highest BCUT2D eigenvalue weighted by atomic mass is 15.4. The zero-order chi connectivity index (χ0) is 14.2. The minimum absolute atomic E-state index is 0.284. The number of hydrogen-bond donors (Lipinski definition) is 1. The molecular weight excluding hydrogens is 248 g/mol. The first kappa shape index (κ1) is 14.8. The average molecular weight is 280 g/mol. The molecular formula is C16H32N4. The summed E-state index contributed by atoms with van der Waals surface area (Å²) in [5.74, 6) is 0.779. The number of piperazine rings is 1. The summed E-state index contributed by atoms with van der Waals surface area (Å²) < 4.78 is 0. The Morgan fingerprint density at radius 2 is 1.80 bits per heavy atom. The Morgan fingerprint density at radius 3 is 2.35 bits per heavy atom. The second-order valence-corrected chi connectivity index (χ2v) is 7.56. The van der Waals surface area contributed by atoms with Gasteiger partial charge in [-0.05, 0) is 25.2 Å². The summed E-state index contributed by atoms with van der Waals surface area (Å²) in [4.78, 5) is 8.04. The second kappa shape index (κ2) is 5.91. The van der Waals surface area contributed by atoms with Crippen molar-refractivity contribution in [1.82, 2.24) is 14.7 Å². The van der Waals surface area contributed by atoms with Gasteiger partial charge in [0.1, 0.15) is 0 Å². The Hall–Kier alpha value is -0.160. The smallest absolute Gasteiger partial charge is 0.0471 e. The molecule has 2 saturated heterocycles. The molecule has 2 aliphatic heterocycles. The third kappa shape index (κ3) is 3.03. The molecule has 1 unspecified atom stereocenters. The highest BCUT2D eigenvalue weighted by Gasteiger charge is 2.46. The molecule has 0 spiro atoms. The van der Waals surface area contributed by atoms with Gasteiger partial charge in [-0.1, -0.05) is 13.8 Å². The molecule has 1 aliphatic carbocycles. The monoisotopic (exact) mass is 280 g/mol. The minimum Gasteiger partial charge on any atom is -0.329 e. The van der Waals surface area contributed by atoms with E-state index < -0.39 is 0 Å². The summed E-state index contributed by atoms with van der Waals surface area (Å²) >= 11 is 0. The number of likely N-dealkylation sites (tertiary alicyclic amines) is 1. The first-order chi connectivity index (χ1) is 9.63. The SMILES string of the molecule is CC(C)CN1CCN(C2(CN)CCN(C3CC3)C2)CC1. The molecule has 3 rings (SSSR count). The van der Waals surface area contributed by atoms with E-state index in [2.05, 4.69) is 28.5 Å². The molecule has 2 heterocycles. The van der Waals surface area contributed by atoms with E-state index in [4.69, 9.17) is 5.73 Å². The normalized spacial score (nSPS) is 34.2. The maximum absolute atomic E-state index is 6.22. The lowest BCUT2D eigenvalue weighted by Gasteiger charge is -2.45. The summed E-state index contributed by atoms with van der Waals surface area (Å²) in [6, 6.07) is 0.894. The molecule has 1 atom stereocenters. The van der Waals surface area contributed by atoms with Crippen LogP contribution in [-0.4, -0.2) is 78.6 Å². The molecule has 2 N–H and O–H groups in total. The van der Waals surface area contributed by atoms with Crippen molar-refractivity contribution in [3.8, 4) is 0 Å². The third-order valence-corrected chi connectivity index (χ3v) is 5.47. The van der Waals surface area contributed by atoms with Gasteiger partial charge in [0, 0.05) is 63.9 Å². The summed E-state index contributed by atoms with van der Waals surface area (Å²) in [5.41, 5.74) is 6.50.